The summed E-state index contributed by atoms with van der Waals surface area (Å²) in [5.41, 5.74) is 1.22. The van der Waals surface area contributed by atoms with Gasteiger partial charge in [-0.2, -0.15) is 4.57 Å². The molecule has 0 fully saturated rings. The van der Waals surface area contributed by atoms with E-state index in [1.54, 1.807) is 16.8 Å². The van der Waals surface area contributed by atoms with Gasteiger partial charge in [-0.25, -0.2) is 0 Å². The normalized spacial score (nSPS) is 10.2. The van der Waals surface area contributed by atoms with Crippen LogP contribution in [-0.2, 0) is 6.54 Å². The fraction of sp³-hybridized carbons (Fsp3) is 0.0588. The topological polar surface area (TPSA) is 44.0 Å². The third-order valence-corrected chi connectivity index (χ3v) is 4.06. The molecule has 3 rings (SSSR count). The highest BCUT2D eigenvalue weighted by Crippen LogP contribution is 2.17. The van der Waals surface area contributed by atoms with Crippen LogP contribution in [0.3, 0.4) is 0 Å². The maximum absolute atomic E-state index is 12.4. The van der Waals surface area contributed by atoms with Gasteiger partial charge in [0.1, 0.15) is 0 Å². The van der Waals surface area contributed by atoms with Crippen molar-refractivity contribution in [3.8, 4) is 5.75 Å². The first-order chi connectivity index (χ1) is 10.1. The van der Waals surface area contributed by atoms with Crippen molar-refractivity contribution in [3.05, 3.63) is 69.9 Å². The van der Waals surface area contributed by atoms with Crippen LogP contribution in [-0.4, -0.2) is 5.78 Å². The summed E-state index contributed by atoms with van der Waals surface area (Å²) in [6, 6.07) is 16.3. The summed E-state index contributed by atoms with van der Waals surface area (Å²) in [7, 11) is 0. The molecule has 2 aromatic carbocycles. The summed E-state index contributed by atoms with van der Waals surface area (Å²) in [4.78, 5) is 12.4. The van der Waals surface area contributed by atoms with Gasteiger partial charge in [0, 0.05) is 20.6 Å². The van der Waals surface area contributed by atoms with Crippen molar-refractivity contribution in [2.45, 2.75) is 6.54 Å². The smallest absolute Gasteiger partial charge is 0.227 e. The molecule has 5 heteroatoms. The molecule has 0 saturated heterocycles. The number of aromatic nitrogens is 1. The summed E-state index contributed by atoms with van der Waals surface area (Å²) < 4.78 is 2.81. The van der Waals surface area contributed by atoms with Gasteiger partial charge in [-0.05, 0) is 52.6 Å². The number of nitrogens with zero attached hydrogens (tertiary/aromatic N) is 1. The second-order valence-electron chi connectivity index (χ2n) is 4.76. The number of halogens is 2. The Morgan fingerprint density at radius 1 is 1.05 bits per heavy atom. The molecule has 0 atom stereocenters. The molecule has 0 aliphatic heterocycles. The van der Waals surface area contributed by atoms with Crippen LogP contribution in [0.2, 0.25) is 0 Å². The maximum Gasteiger partial charge on any atom is 0.227 e. The molecule has 0 N–H and O–H groups in total. The summed E-state index contributed by atoms with van der Waals surface area (Å²) in [5.74, 6) is -0.0735. The first kappa shape index (κ1) is 16.9. The second-order valence-corrected chi connectivity index (χ2v) is 6.01. The van der Waals surface area contributed by atoms with Crippen LogP contribution in [0.15, 0.2) is 60.8 Å². The van der Waals surface area contributed by atoms with Gasteiger partial charge >= 0.3 is 0 Å². The minimum absolute atomic E-state index is 0. The van der Waals surface area contributed by atoms with Crippen LogP contribution in [0.1, 0.15) is 10.4 Å². The SMILES string of the molecule is Br.O=C(C[n+]1cccc2cccc([O-])c21)c1ccc(I)cc1. The van der Waals surface area contributed by atoms with Gasteiger partial charge in [0.15, 0.2) is 6.20 Å². The van der Waals surface area contributed by atoms with Gasteiger partial charge in [0.25, 0.3) is 0 Å². The van der Waals surface area contributed by atoms with Crippen LogP contribution in [0, 0.1) is 3.57 Å². The van der Waals surface area contributed by atoms with E-state index < -0.39 is 0 Å². The second kappa shape index (κ2) is 7.19. The van der Waals surface area contributed by atoms with E-state index in [4.69, 9.17) is 0 Å². The number of carbonyl (C=O) groups excluding carboxylic acids is 1. The van der Waals surface area contributed by atoms with Crippen LogP contribution in [0.5, 0.6) is 5.75 Å². The predicted molar refractivity (Wildman–Crippen MR) is 97.4 cm³/mol. The van der Waals surface area contributed by atoms with E-state index >= 15 is 0 Å². The number of para-hydroxylation sites is 1. The molecule has 0 amide bonds. The third kappa shape index (κ3) is 3.47. The predicted octanol–water partition coefficient (Wildman–Crippen LogP) is 3.27. The molecule has 0 saturated carbocycles. The van der Waals surface area contributed by atoms with E-state index in [0.29, 0.717) is 11.1 Å². The lowest BCUT2D eigenvalue weighted by atomic mass is 10.1. The highest BCUT2D eigenvalue weighted by molar-refractivity contribution is 14.1. The molecule has 3 aromatic rings. The number of Topliss-reactive ketones (excluding diaryl/α,β-unsaturated/α-hetero) is 1. The van der Waals surface area contributed by atoms with Crippen LogP contribution < -0.4 is 9.67 Å². The van der Waals surface area contributed by atoms with Crippen LogP contribution in [0.4, 0.5) is 0 Å². The molecular weight excluding hydrogens is 457 g/mol. The fourth-order valence-corrected chi connectivity index (χ4v) is 2.68. The van der Waals surface area contributed by atoms with Gasteiger partial charge in [0.05, 0.1) is 0 Å². The van der Waals surface area contributed by atoms with Crippen molar-refractivity contribution in [1.82, 2.24) is 0 Å². The summed E-state index contributed by atoms with van der Waals surface area (Å²) in [6.07, 6.45) is 1.77. The first-order valence-corrected chi connectivity index (χ1v) is 7.60. The number of hydrogen-bond acceptors (Lipinski definition) is 2. The van der Waals surface area contributed by atoms with Gasteiger partial charge < -0.3 is 5.11 Å². The third-order valence-electron chi connectivity index (χ3n) is 3.34. The standard InChI is InChI=1S/C17H12INO2.BrH/c18-14-8-6-12(7-9-14)16(21)11-19-10-2-4-13-3-1-5-15(20)17(13)19;/h1-10H,11H2;1H. The van der Waals surface area contributed by atoms with E-state index in [0.717, 1.165) is 8.96 Å². The Labute approximate surface area is 152 Å². The number of fused-ring (bicyclic) bond motifs is 1. The summed E-state index contributed by atoms with van der Waals surface area (Å²) >= 11 is 2.20. The van der Waals surface area contributed by atoms with Crippen molar-refractivity contribution in [1.29, 1.82) is 0 Å². The van der Waals surface area contributed by atoms with Crippen molar-refractivity contribution in [3.63, 3.8) is 0 Å². The van der Waals surface area contributed by atoms with E-state index in [-0.39, 0.29) is 35.1 Å². The lowest BCUT2D eigenvalue weighted by Gasteiger charge is -2.08. The molecule has 0 aliphatic carbocycles. The number of carbonyl (C=O) groups is 1. The van der Waals surface area contributed by atoms with E-state index in [1.807, 2.05) is 42.5 Å². The quantitative estimate of drug-likeness (QED) is 0.335. The number of pyridine rings is 1. The fourth-order valence-electron chi connectivity index (χ4n) is 2.32. The van der Waals surface area contributed by atoms with E-state index in [1.165, 1.54) is 6.07 Å². The summed E-state index contributed by atoms with van der Waals surface area (Å²) in [6.45, 7) is 0.164. The number of rotatable bonds is 3. The van der Waals surface area contributed by atoms with Crippen molar-refractivity contribution < 1.29 is 14.5 Å². The molecular formula is C17H13BrINO2. The Bertz CT molecular complexity index is 813. The Morgan fingerprint density at radius 3 is 2.45 bits per heavy atom. The summed E-state index contributed by atoms with van der Waals surface area (Å²) in [5, 5.41) is 12.9. The van der Waals surface area contributed by atoms with Crippen molar-refractivity contribution >= 4 is 56.3 Å². The zero-order chi connectivity index (χ0) is 14.8. The van der Waals surface area contributed by atoms with E-state index in [9.17, 15) is 9.90 Å². The molecule has 3 nitrogen and oxygen atoms in total. The molecule has 0 aliphatic rings. The van der Waals surface area contributed by atoms with Crippen molar-refractivity contribution in [2.75, 3.05) is 0 Å². The Kier molecular flexibility index (Phi) is 5.52. The maximum atomic E-state index is 12.4. The zero-order valence-electron chi connectivity index (χ0n) is 11.5. The van der Waals surface area contributed by atoms with Gasteiger partial charge in [-0.1, -0.05) is 24.3 Å². The van der Waals surface area contributed by atoms with E-state index in [2.05, 4.69) is 22.6 Å². The monoisotopic (exact) mass is 469 g/mol. The zero-order valence-corrected chi connectivity index (χ0v) is 15.4. The molecule has 0 bridgehead atoms. The molecule has 0 unspecified atom stereocenters. The molecule has 0 spiro atoms. The molecule has 22 heavy (non-hydrogen) atoms. The molecule has 1 aromatic heterocycles. The van der Waals surface area contributed by atoms with Gasteiger partial charge in [-0.15, -0.1) is 17.0 Å². The average molecular weight is 470 g/mol. The molecule has 1 heterocycles. The largest absolute Gasteiger partial charge is 0.868 e. The number of ketones is 1. The highest BCUT2D eigenvalue weighted by Gasteiger charge is 2.15. The minimum atomic E-state index is -0.0662. The lowest BCUT2D eigenvalue weighted by molar-refractivity contribution is -0.658. The highest BCUT2D eigenvalue weighted by atomic mass is 127. The number of hydrogen-bond donors (Lipinski definition) is 0. The number of benzene rings is 2. The van der Waals surface area contributed by atoms with Gasteiger partial charge in [-0.3, -0.25) is 4.79 Å². The van der Waals surface area contributed by atoms with Gasteiger partial charge in [0.2, 0.25) is 17.8 Å². The minimum Gasteiger partial charge on any atom is -0.868 e. The Hall–Kier alpha value is -1.47. The average Bonchev–Trinajstić information content (AvgIpc) is 2.48. The molecule has 0 radical (unpaired) electrons. The lowest BCUT2D eigenvalue weighted by Crippen LogP contribution is -2.38. The van der Waals surface area contributed by atoms with Crippen LogP contribution >= 0.6 is 39.6 Å². The Morgan fingerprint density at radius 2 is 1.73 bits per heavy atom. The first-order valence-electron chi connectivity index (χ1n) is 6.52. The van der Waals surface area contributed by atoms with Crippen LogP contribution in [0.25, 0.3) is 10.9 Å². The van der Waals surface area contributed by atoms with Crippen molar-refractivity contribution in [2.24, 2.45) is 0 Å². The molecule has 112 valence electrons. The Balaban J connectivity index is 0.00000176.